The summed E-state index contributed by atoms with van der Waals surface area (Å²) in [5, 5.41) is 0. The fourth-order valence-corrected chi connectivity index (χ4v) is 22.7. The zero-order chi connectivity index (χ0) is 54.9. The van der Waals surface area contributed by atoms with Crippen molar-refractivity contribution in [1.82, 2.24) is 0 Å². The average molecular weight is 1220 g/mol. The van der Waals surface area contributed by atoms with Crippen molar-refractivity contribution in [3.05, 3.63) is 199 Å². The highest BCUT2D eigenvalue weighted by Crippen LogP contribution is 2.78. The average Bonchev–Trinajstić information content (AvgIpc) is 2.85. The van der Waals surface area contributed by atoms with Crippen LogP contribution in [-0.2, 0) is 0 Å². The standard InChI is InChI=1S/C58H34F12S8/c1-49-29(23-41(75-49)27-11-7-5-8-12-27)45-47(55(63,64)57(67,68)53(45,59)60)31-25-43(77-51(31,49)3)39-21-19-37(73-39)35-17-15-33(71-35)34-16-18-36(72-34)38-20-22-40(74-38)44-26-32-48-46(54(61,62)58(69,70)56(48,65)66)30-24-42(28-13-9-6-10-14-28)76-50(30,2)52(32,4)78-44/h5-26H,1-4H3. The van der Waals surface area contributed by atoms with Crippen molar-refractivity contribution in [1.29, 1.82) is 0 Å². The third-order valence-electron chi connectivity index (χ3n) is 16.4. The second kappa shape index (κ2) is 16.2. The molecule has 2 saturated carbocycles. The minimum Gasteiger partial charge on any atom is -0.194 e. The fourth-order valence-electron chi connectivity index (χ4n) is 12.0. The Hall–Kier alpha value is -4.28. The van der Waals surface area contributed by atoms with Crippen LogP contribution < -0.4 is 0 Å². The van der Waals surface area contributed by atoms with E-state index in [1.54, 1.807) is 88.4 Å². The number of hydrogen-bond acceptors (Lipinski definition) is 8. The van der Waals surface area contributed by atoms with Crippen LogP contribution in [0.15, 0.2) is 178 Å². The van der Waals surface area contributed by atoms with Crippen LogP contribution in [0.5, 0.6) is 0 Å². The van der Waals surface area contributed by atoms with Gasteiger partial charge < -0.3 is 0 Å². The van der Waals surface area contributed by atoms with Crippen LogP contribution in [-0.4, -0.2) is 54.5 Å². The number of thioether (sulfide) groups is 4. The van der Waals surface area contributed by atoms with Crippen LogP contribution in [0.1, 0.15) is 48.6 Å². The lowest BCUT2D eigenvalue weighted by Gasteiger charge is -2.47. The highest BCUT2D eigenvalue weighted by molar-refractivity contribution is 8.14. The number of halogens is 12. The number of fused-ring (bicyclic) bond motifs is 8. The molecule has 0 N–H and O–H groups in total. The first kappa shape index (κ1) is 51.8. The summed E-state index contributed by atoms with van der Waals surface area (Å²) >= 11 is 10.6. The molecule has 8 heterocycles. The Morgan fingerprint density at radius 3 is 0.756 bits per heavy atom. The Morgan fingerprint density at radius 2 is 0.487 bits per heavy atom. The number of alkyl halides is 12. The molecule has 78 heavy (non-hydrogen) atoms. The normalized spacial score (nSPS) is 30.0. The summed E-state index contributed by atoms with van der Waals surface area (Å²) in [4.78, 5) is 8.62. The molecule has 14 rings (SSSR count). The van der Waals surface area contributed by atoms with Gasteiger partial charge in [0.2, 0.25) is 0 Å². The summed E-state index contributed by atoms with van der Waals surface area (Å²) in [5.41, 5.74) is -4.84. The number of hydrogen-bond donors (Lipinski definition) is 0. The van der Waals surface area contributed by atoms with Crippen molar-refractivity contribution in [3.63, 3.8) is 0 Å². The molecule has 398 valence electrons. The van der Waals surface area contributed by atoms with Gasteiger partial charge in [-0.15, -0.1) is 92.4 Å². The third-order valence-corrected chi connectivity index (χ3v) is 28.3. The smallest absolute Gasteiger partial charge is 0.194 e. The maximum Gasteiger partial charge on any atom is 0.380 e. The van der Waals surface area contributed by atoms with Gasteiger partial charge in [-0.1, -0.05) is 60.7 Å². The van der Waals surface area contributed by atoms with E-state index in [0.29, 0.717) is 40.5 Å². The van der Waals surface area contributed by atoms with Gasteiger partial charge in [0.1, 0.15) is 0 Å². The van der Waals surface area contributed by atoms with Crippen molar-refractivity contribution < 1.29 is 52.7 Å². The van der Waals surface area contributed by atoms with E-state index >= 15 is 52.7 Å². The summed E-state index contributed by atoms with van der Waals surface area (Å²) in [6.45, 7) is 6.69. The molecule has 4 aliphatic carbocycles. The molecule has 2 aromatic carbocycles. The van der Waals surface area contributed by atoms with Crippen LogP contribution in [0, 0.1) is 0 Å². The topological polar surface area (TPSA) is 0 Å². The number of benzene rings is 2. The molecule has 0 spiro atoms. The fraction of sp³-hybridized carbons (Fsp3) is 0.241. The van der Waals surface area contributed by atoms with Crippen LogP contribution in [0.4, 0.5) is 52.7 Å². The van der Waals surface area contributed by atoms with E-state index in [1.807, 2.05) is 48.5 Å². The lowest BCUT2D eigenvalue weighted by molar-refractivity contribution is -0.258. The molecular weight excluding hydrogens is 1180 g/mol. The third kappa shape index (κ3) is 6.35. The van der Waals surface area contributed by atoms with E-state index in [9.17, 15) is 0 Å². The Balaban J connectivity index is 0.750. The lowest BCUT2D eigenvalue weighted by atomic mass is 9.71. The van der Waals surface area contributed by atoms with E-state index in [2.05, 4.69) is 0 Å². The molecule has 6 aromatic rings. The number of allylic oxidation sites excluding steroid dienone is 8. The number of thiophene rings is 4. The maximum absolute atomic E-state index is 16.0. The predicted molar refractivity (Wildman–Crippen MR) is 301 cm³/mol. The Labute approximate surface area is 471 Å². The molecule has 0 amide bonds. The van der Waals surface area contributed by atoms with Gasteiger partial charge in [0, 0.05) is 80.9 Å². The molecule has 8 aliphatic rings. The SMILES string of the molecule is CC12SC(c3ccccc3)=CC1=C1C(=C3C=C(c4ccc(-c5ccc(-c6ccc(-c7ccc(C8=CC9=C%10C(=C%11C=C(c%12ccccc%12)SC%11(C)C9(C)S8)C(F)(F)C(F)(F)C%10(F)F)s7)s6)s5)s4)SC32C)C(F)(F)C(F)(F)C1(F)F. The summed E-state index contributed by atoms with van der Waals surface area (Å²) in [5.74, 6) is -31.9. The molecular formula is C58H34F12S8. The van der Waals surface area contributed by atoms with Gasteiger partial charge >= 0.3 is 35.5 Å². The molecule has 0 nitrogen and oxygen atoms in total. The van der Waals surface area contributed by atoms with Crippen LogP contribution >= 0.6 is 92.4 Å². The van der Waals surface area contributed by atoms with Gasteiger partial charge in [-0.25, -0.2) is 0 Å². The van der Waals surface area contributed by atoms with Gasteiger partial charge in [0.25, 0.3) is 0 Å². The van der Waals surface area contributed by atoms with E-state index in [1.165, 1.54) is 117 Å². The Kier molecular flexibility index (Phi) is 10.8. The molecule has 0 radical (unpaired) electrons. The zero-order valence-electron chi connectivity index (χ0n) is 40.5. The summed E-state index contributed by atoms with van der Waals surface area (Å²) < 4.78 is 184. The predicted octanol–water partition coefficient (Wildman–Crippen LogP) is 20.8. The van der Waals surface area contributed by atoms with Gasteiger partial charge in [0.05, 0.1) is 19.0 Å². The van der Waals surface area contributed by atoms with E-state index in [0.717, 1.165) is 29.3 Å². The molecule has 0 bridgehead atoms. The minimum absolute atomic E-state index is 0.226. The molecule has 4 aromatic heterocycles. The van der Waals surface area contributed by atoms with Gasteiger partial charge in [-0.3, -0.25) is 0 Å². The molecule has 0 saturated heterocycles. The molecule has 20 heteroatoms. The highest BCUT2D eigenvalue weighted by Gasteiger charge is 2.86. The highest BCUT2D eigenvalue weighted by atomic mass is 32.2. The van der Waals surface area contributed by atoms with Gasteiger partial charge in [-0.05, 0) is 134 Å². The molecule has 4 atom stereocenters. The van der Waals surface area contributed by atoms with E-state index < -0.39 is 76.8 Å². The van der Waals surface area contributed by atoms with Crippen molar-refractivity contribution >= 4 is 112 Å². The van der Waals surface area contributed by atoms with Crippen LogP contribution in [0.3, 0.4) is 0 Å². The van der Waals surface area contributed by atoms with Crippen molar-refractivity contribution in [2.75, 3.05) is 0 Å². The lowest BCUT2D eigenvalue weighted by Crippen LogP contribution is -2.48. The van der Waals surface area contributed by atoms with Crippen LogP contribution in [0.25, 0.3) is 48.9 Å². The number of rotatable bonds is 7. The minimum atomic E-state index is -5.66. The molecule has 4 unspecified atom stereocenters. The van der Waals surface area contributed by atoms with Crippen molar-refractivity contribution in [3.8, 4) is 29.3 Å². The second-order valence-electron chi connectivity index (χ2n) is 20.6. The summed E-state index contributed by atoms with van der Waals surface area (Å²) in [6.07, 6.45) is 5.55. The van der Waals surface area contributed by atoms with Crippen LogP contribution in [0.2, 0.25) is 0 Å². The summed E-state index contributed by atoms with van der Waals surface area (Å²) in [7, 11) is 0. The molecule has 2 fully saturated rings. The Bertz CT molecular complexity index is 3690. The summed E-state index contributed by atoms with van der Waals surface area (Å²) in [6, 6.07) is 32.8. The maximum atomic E-state index is 16.0. The second-order valence-corrected chi connectivity index (χ2v) is 30.7. The van der Waals surface area contributed by atoms with E-state index in [-0.39, 0.29) is 22.3 Å². The van der Waals surface area contributed by atoms with Crippen molar-refractivity contribution in [2.45, 2.75) is 82.2 Å². The van der Waals surface area contributed by atoms with Gasteiger partial charge in [0.15, 0.2) is 0 Å². The zero-order valence-corrected chi connectivity index (χ0v) is 47.0. The largest absolute Gasteiger partial charge is 0.380 e. The van der Waals surface area contributed by atoms with Crippen molar-refractivity contribution in [2.24, 2.45) is 0 Å². The van der Waals surface area contributed by atoms with E-state index in [4.69, 9.17) is 0 Å². The quantitative estimate of drug-likeness (QED) is 0.146. The first-order valence-electron chi connectivity index (χ1n) is 24.1. The van der Waals surface area contributed by atoms with Gasteiger partial charge in [-0.2, -0.15) is 52.7 Å². The Morgan fingerprint density at radius 1 is 0.269 bits per heavy atom. The first-order chi connectivity index (χ1) is 36.6. The molecule has 4 aliphatic heterocycles. The monoisotopic (exact) mass is 1210 g/mol. The first-order valence-corrected chi connectivity index (χ1v) is 30.6.